The summed E-state index contributed by atoms with van der Waals surface area (Å²) in [5.74, 6) is -0.387. The summed E-state index contributed by atoms with van der Waals surface area (Å²) < 4.78 is 34.2. The average Bonchev–Trinajstić information content (AvgIpc) is 2.70. The zero-order chi connectivity index (χ0) is 19.7. The van der Waals surface area contributed by atoms with Gasteiger partial charge in [-0.15, -0.1) is 0 Å². The average molecular weight is 376 g/mol. The fourth-order valence-electron chi connectivity index (χ4n) is 3.82. The van der Waals surface area contributed by atoms with Gasteiger partial charge in [-0.3, -0.25) is 0 Å². The first kappa shape index (κ1) is 18.4. The molecule has 1 nitrogen and oxygen atoms in total. The minimum absolute atomic E-state index is 0.272. The van der Waals surface area contributed by atoms with Gasteiger partial charge in [-0.05, 0) is 53.8 Å². The molecule has 142 valence electrons. The summed E-state index contributed by atoms with van der Waals surface area (Å²) in [5.41, 5.74) is 5.69. The van der Waals surface area contributed by atoms with Crippen molar-refractivity contribution in [2.75, 3.05) is 0 Å². The summed E-state index contributed by atoms with van der Waals surface area (Å²) in [5, 5.41) is 0. The standard InChI is InChI=1S/C25H22F2O/c1-3-5-17-8-10-19(11-9-17)24-23(18-12-14-20(26)15-13-18)16(2)21-6-4-7-22(27)25(21)28-24/h4,6-15,24H,3,5H2,1-2H3. The maximum absolute atomic E-state index is 14.5. The second kappa shape index (κ2) is 7.59. The number of fused-ring (bicyclic) bond motifs is 1. The summed E-state index contributed by atoms with van der Waals surface area (Å²) in [7, 11) is 0. The van der Waals surface area contributed by atoms with Gasteiger partial charge in [-0.25, -0.2) is 8.78 Å². The highest BCUT2D eigenvalue weighted by molar-refractivity contribution is 5.95. The lowest BCUT2D eigenvalue weighted by Gasteiger charge is -2.31. The number of hydrogen-bond acceptors (Lipinski definition) is 1. The predicted octanol–water partition coefficient (Wildman–Crippen LogP) is 6.98. The van der Waals surface area contributed by atoms with Crippen LogP contribution in [0.2, 0.25) is 0 Å². The van der Waals surface area contributed by atoms with Crippen LogP contribution in [0.1, 0.15) is 48.6 Å². The van der Waals surface area contributed by atoms with E-state index in [0.717, 1.165) is 40.7 Å². The molecule has 0 saturated heterocycles. The minimum atomic E-state index is -0.453. The van der Waals surface area contributed by atoms with E-state index in [0.29, 0.717) is 0 Å². The van der Waals surface area contributed by atoms with Crippen LogP contribution >= 0.6 is 0 Å². The van der Waals surface area contributed by atoms with E-state index in [2.05, 4.69) is 19.1 Å². The van der Waals surface area contributed by atoms with Gasteiger partial charge in [0.1, 0.15) is 11.9 Å². The van der Waals surface area contributed by atoms with E-state index in [1.807, 2.05) is 25.1 Å². The molecule has 1 aliphatic heterocycles. The van der Waals surface area contributed by atoms with Crippen molar-refractivity contribution in [3.63, 3.8) is 0 Å². The van der Waals surface area contributed by atoms with Crippen molar-refractivity contribution in [3.05, 3.63) is 101 Å². The molecular weight excluding hydrogens is 354 g/mol. The Morgan fingerprint density at radius 3 is 2.29 bits per heavy atom. The third-order valence-corrected chi connectivity index (χ3v) is 5.25. The fourth-order valence-corrected chi connectivity index (χ4v) is 3.82. The monoisotopic (exact) mass is 376 g/mol. The van der Waals surface area contributed by atoms with Crippen molar-refractivity contribution < 1.29 is 13.5 Å². The molecule has 3 aromatic carbocycles. The second-order valence-electron chi connectivity index (χ2n) is 7.15. The number of para-hydroxylation sites is 1. The molecule has 1 atom stereocenters. The largest absolute Gasteiger partial charge is 0.477 e. The van der Waals surface area contributed by atoms with Crippen molar-refractivity contribution in [1.29, 1.82) is 0 Å². The van der Waals surface area contributed by atoms with Crippen LogP contribution in [0.5, 0.6) is 5.75 Å². The van der Waals surface area contributed by atoms with Crippen LogP contribution in [0, 0.1) is 11.6 Å². The highest BCUT2D eigenvalue weighted by atomic mass is 19.1. The van der Waals surface area contributed by atoms with E-state index < -0.39 is 6.10 Å². The van der Waals surface area contributed by atoms with Crippen molar-refractivity contribution in [2.45, 2.75) is 32.8 Å². The molecule has 3 heteroatoms. The molecular formula is C25H22F2O. The Labute approximate surface area is 164 Å². The summed E-state index contributed by atoms with van der Waals surface area (Å²) in [6, 6.07) is 19.6. The molecule has 0 aromatic heterocycles. The molecule has 0 aliphatic carbocycles. The molecule has 0 bridgehead atoms. The number of halogens is 2. The summed E-state index contributed by atoms with van der Waals surface area (Å²) in [4.78, 5) is 0. The summed E-state index contributed by atoms with van der Waals surface area (Å²) in [6.07, 6.45) is 1.64. The molecule has 4 rings (SSSR count). The van der Waals surface area contributed by atoms with Crippen LogP contribution in [0.25, 0.3) is 11.1 Å². The maximum Gasteiger partial charge on any atom is 0.165 e. The molecule has 1 aliphatic rings. The third-order valence-electron chi connectivity index (χ3n) is 5.25. The van der Waals surface area contributed by atoms with Gasteiger partial charge in [0.15, 0.2) is 11.6 Å². The van der Waals surface area contributed by atoms with E-state index in [9.17, 15) is 8.78 Å². The molecule has 3 aromatic rings. The zero-order valence-corrected chi connectivity index (χ0v) is 16.0. The quantitative estimate of drug-likeness (QED) is 0.477. The highest BCUT2D eigenvalue weighted by Crippen LogP contribution is 2.47. The predicted molar refractivity (Wildman–Crippen MR) is 109 cm³/mol. The topological polar surface area (TPSA) is 9.23 Å². The molecule has 28 heavy (non-hydrogen) atoms. The highest BCUT2D eigenvalue weighted by Gasteiger charge is 2.30. The van der Waals surface area contributed by atoms with Crippen LogP contribution < -0.4 is 4.74 Å². The molecule has 0 amide bonds. The Hall–Kier alpha value is -2.94. The number of allylic oxidation sites excluding steroid dienone is 1. The van der Waals surface area contributed by atoms with Crippen LogP contribution in [0.3, 0.4) is 0 Å². The Balaban J connectivity index is 1.87. The molecule has 1 heterocycles. The first-order chi connectivity index (χ1) is 13.6. The Bertz CT molecular complexity index is 1020. The lowest BCUT2D eigenvalue weighted by Crippen LogP contribution is -2.17. The van der Waals surface area contributed by atoms with E-state index >= 15 is 0 Å². The van der Waals surface area contributed by atoms with Gasteiger partial charge in [0.05, 0.1) is 0 Å². The SMILES string of the molecule is CCCc1ccc(C2Oc3c(F)cccc3C(C)=C2c2ccc(F)cc2)cc1. The van der Waals surface area contributed by atoms with Crippen LogP contribution in [-0.4, -0.2) is 0 Å². The summed E-state index contributed by atoms with van der Waals surface area (Å²) >= 11 is 0. The minimum Gasteiger partial charge on any atom is -0.477 e. The second-order valence-corrected chi connectivity index (χ2v) is 7.15. The Kier molecular flexibility index (Phi) is 4.99. The zero-order valence-electron chi connectivity index (χ0n) is 16.0. The molecule has 0 fully saturated rings. The van der Waals surface area contributed by atoms with Gasteiger partial charge in [0, 0.05) is 11.1 Å². The van der Waals surface area contributed by atoms with Crippen LogP contribution in [-0.2, 0) is 6.42 Å². The third kappa shape index (κ3) is 3.33. The molecule has 0 N–H and O–H groups in total. The number of aryl methyl sites for hydroxylation is 1. The van der Waals surface area contributed by atoms with Gasteiger partial charge >= 0.3 is 0 Å². The van der Waals surface area contributed by atoms with Gasteiger partial charge in [-0.2, -0.15) is 0 Å². The van der Waals surface area contributed by atoms with Crippen molar-refractivity contribution in [3.8, 4) is 5.75 Å². The number of hydrogen-bond donors (Lipinski definition) is 0. The van der Waals surface area contributed by atoms with E-state index in [1.54, 1.807) is 18.2 Å². The smallest absolute Gasteiger partial charge is 0.165 e. The summed E-state index contributed by atoms with van der Waals surface area (Å²) in [6.45, 7) is 4.12. The lowest BCUT2D eigenvalue weighted by molar-refractivity contribution is 0.247. The van der Waals surface area contributed by atoms with E-state index in [-0.39, 0.29) is 17.4 Å². The first-order valence-electron chi connectivity index (χ1n) is 9.59. The number of ether oxygens (including phenoxy) is 1. The fraction of sp³-hybridized carbons (Fsp3) is 0.200. The molecule has 0 spiro atoms. The van der Waals surface area contributed by atoms with Crippen molar-refractivity contribution in [2.24, 2.45) is 0 Å². The maximum atomic E-state index is 14.5. The van der Waals surface area contributed by atoms with Gasteiger partial charge < -0.3 is 4.74 Å². The Morgan fingerprint density at radius 1 is 0.893 bits per heavy atom. The lowest BCUT2D eigenvalue weighted by atomic mass is 9.86. The van der Waals surface area contributed by atoms with Crippen molar-refractivity contribution >= 4 is 11.1 Å². The van der Waals surface area contributed by atoms with Gasteiger partial charge in [-0.1, -0.05) is 61.9 Å². The Morgan fingerprint density at radius 2 is 1.61 bits per heavy atom. The number of rotatable bonds is 4. The normalized spacial score (nSPS) is 15.9. The van der Waals surface area contributed by atoms with E-state index in [4.69, 9.17) is 4.74 Å². The molecule has 0 radical (unpaired) electrons. The van der Waals surface area contributed by atoms with Crippen LogP contribution in [0.15, 0.2) is 66.7 Å². The number of benzene rings is 3. The van der Waals surface area contributed by atoms with Gasteiger partial charge in [0.25, 0.3) is 0 Å². The molecule has 1 unspecified atom stereocenters. The van der Waals surface area contributed by atoms with Gasteiger partial charge in [0.2, 0.25) is 0 Å². The first-order valence-corrected chi connectivity index (χ1v) is 9.59. The van der Waals surface area contributed by atoms with Crippen molar-refractivity contribution in [1.82, 2.24) is 0 Å². The van der Waals surface area contributed by atoms with Crippen LogP contribution in [0.4, 0.5) is 8.78 Å². The van der Waals surface area contributed by atoms with E-state index in [1.165, 1.54) is 23.8 Å². The molecule has 0 saturated carbocycles.